The fourth-order valence-electron chi connectivity index (χ4n) is 5.53. The molecule has 0 bridgehead atoms. The summed E-state index contributed by atoms with van der Waals surface area (Å²) in [5, 5.41) is 11.7. The molecule has 2 atom stereocenters. The number of rotatable bonds is 5. The fourth-order valence-corrected chi connectivity index (χ4v) is 5.53. The highest BCUT2D eigenvalue weighted by molar-refractivity contribution is 5.84. The van der Waals surface area contributed by atoms with E-state index in [0.717, 1.165) is 22.3 Å². The van der Waals surface area contributed by atoms with E-state index in [0.29, 0.717) is 11.0 Å². The summed E-state index contributed by atoms with van der Waals surface area (Å²) in [7, 11) is 0. The lowest BCUT2D eigenvalue weighted by atomic mass is 9.98. The molecule has 2 aromatic carbocycles. The Balaban J connectivity index is 1.27. The van der Waals surface area contributed by atoms with Crippen molar-refractivity contribution < 1.29 is 24.2 Å². The first-order valence-electron chi connectivity index (χ1n) is 12.6. The zero-order valence-corrected chi connectivity index (χ0v) is 21.5. The average Bonchev–Trinajstić information content (AvgIpc) is 3.46. The molecule has 11 heteroatoms. The first-order chi connectivity index (χ1) is 18.7. The summed E-state index contributed by atoms with van der Waals surface area (Å²) in [5.41, 5.74) is 2.71. The van der Waals surface area contributed by atoms with E-state index in [-0.39, 0.29) is 30.7 Å². The molecule has 1 saturated heterocycles. The van der Waals surface area contributed by atoms with Crippen molar-refractivity contribution in [2.75, 3.05) is 19.7 Å². The Hall–Kier alpha value is -4.67. The van der Waals surface area contributed by atoms with Crippen LogP contribution in [0.1, 0.15) is 46.8 Å². The lowest BCUT2D eigenvalue weighted by Crippen LogP contribution is -2.48. The van der Waals surface area contributed by atoms with Gasteiger partial charge in [-0.15, -0.1) is 0 Å². The number of fused-ring (bicyclic) bond motifs is 3. The summed E-state index contributed by atoms with van der Waals surface area (Å²) in [6.45, 7) is 2.67. The molecule has 2 aliphatic rings. The van der Waals surface area contributed by atoms with Gasteiger partial charge in [0.15, 0.2) is 0 Å². The summed E-state index contributed by atoms with van der Waals surface area (Å²) in [4.78, 5) is 63.9. The third-order valence-electron chi connectivity index (χ3n) is 7.45. The van der Waals surface area contributed by atoms with E-state index in [1.54, 1.807) is 6.92 Å². The van der Waals surface area contributed by atoms with Gasteiger partial charge in [-0.2, -0.15) is 4.57 Å². The predicted molar refractivity (Wildman–Crippen MR) is 141 cm³/mol. The van der Waals surface area contributed by atoms with Crippen LogP contribution >= 0.6 is 0 Å². The van der Waals surface area contributed by atoms with E-state index < -0.39 is 41.9 Å². The molecule has 39 heavy (non-hydrogen) atoms. The molecule has 0 unspecified atom stereocenters. The molecule has 3 aromatic rings. The average molecular weight is 533 g/mol. The number of nitrogens with one attached hydrogen (secondary N) is 1. The second-order valence-electron chi connectivity index (χ2n) is 9.89. The minimum atomic E-state index is -1.11. The highest BCUT2D eigenvalue weighted by atomic mass is 16.5. The maximum absolute atomic E-state index is 13.1. The van der Waals surface area contributed by atoms with E-state index >= 15 is 0 Å². The third-order valence-corrected chi connectivity index (χ3v) is 7.45. The molecule has 202 valence electrons. The van der Waals surface area contributed by atoms with Gasteiger partial charge in [-0.3, -0.25) is 14.2 Å². The second kappa shape index (κ2) is 10.2. The fraction of sp³-hybridized carbons (Fsp3) is 0.321. The number of hydrogen-bond donors (Lipinski definition) is 2. The highest BCUT2D eigenvalue weighted by Gasteiger charge is 2.35. The van der Waals surface area contributed by atoms with Crippen molar-refractivity contribution in [1.82, 2.24) is 19.4 Å². The molecular weight excluding hydrogens is 504 g/mol. The van der Waals surface area contributed by atoms with Gasteiger partial charge in [-0.25, -0.2) is 14.4 Å². The van der Waals surface area contributed by atoms with Gasteiger partial charge in [0.2, 0.25) is 0 Å². The van der Waals surface area contributed by atoms with E-state index in [1.807, 2.05) is 48.5 Å². The van der Waals surface area contributed by atoms with Crippen LogP contribution in [-0.2, 0) is 4.74 Å². The van der Waals surface area contributed by atoms with Gasteiger partial charge in [0, 0.05) is 30.3 Å². The molecule has 2 N–H and O–H groups in total. The monoisotopic (exact) mass is 532 g/mol. The highest BCUT2D eigenvalue weighted by Crippen LogP contribution is 2.44. The lowest BCUT2D eigenvalue weighted by molar-refractivity contribution is 0.0885. The molecule has 1 fully saturated rings. The number of amides is 2. The molecular formula is C28H28N4O7. The van der Waals surface area contributed by atoms with Gasteiger partial charge in [0.1, 0.15) is 13.2 Å². The van der Waals surface area contributed by atoms with Crippen molar-refractivity contribution >= 4 is 18.1 Å². The van der Waals surface area contributed by atoms with Crippen LogP contribution in [0.2, 0.25) is 0 Å². The molecule has 0 saturated carbocycles. The van der Waals surface area contributed by atoms with Gasteiger partial charge < -0.3 is 20.1 Å². The number of nitrogens with zero attached hydrogens (tertiary/aromatic N) is 3. The lowest BCUT2D eigenvalue weighted by Gasteiger charge is -2.18. The summed E-state index contributed by atoms with van der Waals surface area (Å²) >= 11 is 0. The molecule has 1 aliphatic carbocycles. The van der Waals surface area contributed by atoms with Gasteiger partial charge in [-0.1, -0.05) is 48.5 Å². The van der Waals surface area contributed by atoms with Gasteiger partial charge in [0.25, 0.3) is 11.5 Å². The quantitative estimate of drug-likeness (QED) is 0.515. The van der Waals surface area contributed by atoms with E-state index in [2.05, 4.69) is 5.32 Å². The number of benzene rings is 2. The number of hydrogen-bond acceptors (Lipinski definition) is 6. The number of alkyl carbamates (subject to hydrolysis) is 1. The Morgan fingerprint density at radius 1 is 1.03 bits per heavy atom. The van der Waals surface area contributed by atoms with Gasteiger partial charge in [-0.05, 0) is 42.5 Å². The van der Waals surface area contributed by atoms with Crippen LogP contribution in [0.25, 0.3) is 11.1 Å². The van der Waals surface area contributed by atoms with Crippen molar-refractivity contribution in [2.24, 2.45) is 0 Å². The molecule has 2 heterocycles. The Bertz CT molecular complexity index is 1550. The predicted octanol–water partition coefficient (Wildman–Crippen LogP) is 2.81. The standard InChI is InChI=1S/C28H28N4O7/c1-16-13-31(18-11-17(2)30(14-18)28(37)38)27(36)32(25(16)34)24(33)12-29-26(35)39-15-23-21-9-5-3-7-19(21)20-8-4-6-10-22(20)23/h3-10,13,17-18,23H,11-12,14-15H2,1-2H3,(H,29,35)(H,37,38)/t17-,18+/m1/s1. The van der Waals surface area contributed by atoms with E-state index in [9.17, 15) is 29.1 Å². The number of carbonyl (C=O) groups is 3. The van der Waals surface area contributed by atoms with Crippen LogP contribution < -0.4 is 16.6 Å². The normalized spacial score (nSPS) is 17.9. The Morgan fingerprint density at radius 2 is 1.64 bits per heavy atom. The van der Waals surface area contributed by atoms with Crippen LogP contribution in [-0.4, -0.2) is 63.0 Å². The van der Waals surface area contributed by atoms with Crippen molar-refractivity contribution in [1.29, 1.82) is 0 Å². The number of carbonyl (C=O) groups excluding carboxylic acids is 2. The van der Waals surface area contributed by atoms with Crippen molar-refractivity contribution in [2.45, 2.75) is 38.3 Å². The van der Waals surface area contributed by atoms with E-state index in [4.69, 9.17) is 4.74 Å². The van der Waals surface area contributed by atoms with Crippen molar-refractivity contribution in [3.63, 3.8) is 0 Å². The number of aromatic nitrogens is 2. The van der Waals surface area contributed by atoms with Crippen molar-refractivity contribution in [3.8, 4) is 11.1 Å². The van der Waals surface area contributed by atoms with Crippen LogP contribution in [0.15, 0.2) is 64.3 Å². The number of carboxylic acid groups (broad SMARTS) is 1. The minimum absolute atomic E-state index is 0.0468. The first kappa shape index (κ1) is 26.0. The molecule has 0 spiro atoms. The molecule has 11 nitrogen and oxygen atoms in total. The maximum atomic E-state index is 13.1. The summed E-state index contributed by atoms with van der Waals surface area (Å²) in [5.74, 6) is -1.08. The Morgan fingerprint density at radius 3 is 2.23 bits per heavy atom. The first-order valence-corrected chi connectivity index (χ1v) is 12.6. The van der Waals surface area contributed by atoms with Crippen molar-refractivity contribution in [3.05, 3.63) is 92.3 Å². The van der Waals surface area contributed by atoms with Crippen LogP contribution in [0.3, 0.4) is 0 Å². The van der Waals surface area contributed by atoms with Crippen LogP contribution in [0.5, 0.6) is 0 Å². The Labute approximate surface area is 223 Å². The van der Waals surface area contributed by atoms with Crippen LogP contribution in [0.4, 0.5) is 9.59 Å². The molecule has 1 aromatic heterocycles. The molecule has 5 rings (SSSR count). The third kappa shape index (κ3) is 4.71. The van der Waals surface area contributed by atoms with E-state index in [1.165, 1.54) is 22.6 Å². The minimum Gasteiger partial charge on any atom is -0.465 e. The molecule has 2 amide bonds. The SMILES string of the molecule is Cc1cn([C@H]2C[C@@H](C)N(C(=O)O)C2)c(=O)n(C(=O)CNC(=O)OCC2c3ccccc3-c3ccccc32)c1=O. The number of aryl methyl sites for hydroxylation is 1. The number of likely N-dealkylation sites (tertiary alicyclic amines) is 1. The van der Waals surface area contributed by atoms with Crippen LogP contribution in [0, 0.1) is 6.92 Å². The van der Waals surface area contributed by atoms with Gasteiger partial charge in [0.05, 0.1) is 6.04 Å². The second-order valence-corrected chi connectivity index (χ2v) is 9.89. The largest absolute Gasteiger partial charge is 0.465 e. The summed E-state index contributed by atoms with van der Waals surface area (Å²) in [6.07, 6.45) is -0.258. The Kier molecular flexibility index (Phi) is 6.81. The molecule has 0 radical (unpaired) electrons. The number of ether oxygens (including phenoxy) is 1. The molecule has 1 aliphatic heterocycles. The zero-order valence-electron chi connectivity index (χ0n) is 21.5. The summed E-state index contributed by atoms with van der Waals surface area (Å²) in [6, 6.07) is 14.9. The topological polar surface area (TPSA) is 140 Å². The smallest absolute Gasteiger partial charge is 0.407 e. The maximum Gasteiger partial charge on any atom is 0.407 e. The zero-order chi connectivity index (χ0) is 27.8. The summed E-state index contributed by atoms with van der Waals surface area (Å²) < 4.78 is 7.13. The van der Waals surface area contributed by atoms with Gasteiger partial charge >= 0.3 is 17.9 Å².